The highest BCUT2D eigenvalue weighted by Gasteiger charge is 2.49. The molecule has 0 radical (unpaired) electrons. The SMILES string of the molecule is C=CC1(C)O[Si](C)(C=C)CCC1(C)C. The van der Waals surface area contributed by atoms with E-state index in [1.165, 1.54) is 12.5 Å². The quantitative estimate of drug-likeness (QED) is 0.499. The normalized spacial score (nSPS) is 41.7. The molecule has 2 heteroatoms. The van der Waals surface area contributed by atoms with Crippen molar-refractivity contribution in [3.8, 4) is 0 Å². The molecule has 2 atom stereocenters. The zero-order chi connectivity index (χ0) is 11.0. The predicted octanol–water partition coefficient (Wildman–Crippen LogP) is 3.68. The molecule has 2 unspecified atom stereocenters. The van der Waals surface area contributed by atoms with E-state index >= 15 is 0 Å². The molecule has 80 valence electrons. The molecule has 0 aromatic heterocycles. The van der Waals surface area contributed by atoms with Gasteiger partial charge < -0.3 is 4.43 Å². The summed E-state index contributed by atoms with van der Waals surface area (Å²) < 4.78 is 6.28. The molecule has 1 aliphatic rings. The van der Waals surface area contributed by atoms with Gasteiger partial charge in [-0.3, -0.25) is 0 Å². The molecule has 0 aliphatic carbocycles. The Labute approximate surface area is 89.0 Å². The highest BCUT2D eigenvalue weighted by molar-refractivity contribution is 6.77. The molecule has 1 aliphatic heterocycles. The second-order valence-corrected chi connectivity index (χ2v) is 9.05. The second kappa shape index (κ2) is 3.35. The van der Waals surface area contributed by atoms with Gasteiger partial charge in [0.25, 0.3) is 0 Å². The summed E-state index contributed by atoms with van der Waals surface area (Å²) in [5.41, 5.74) is 2.04. The fourth-order valence-electron chi connectivity index (χ4n) is 1.94. The maximum absolute atomic E-state index is 6.28. The van der Waals surface area contributed by atoms with Gasteiger partial charge in [0, 0.05) is 0 Å². The third-order valence-electron chi connectivity index (χ3n) is 3.86. The van der Waals surface area contributed by atoms with Crippen molar-refractivity contribution in [3.05, 3.63) is 24.9 Å². The molecule has 0 saturated carbocycles. The summed E-state index contributed by atoms with van der Waals surface area (Å²) in [6.07, 6.45) is 3.16. The van der Waals surface area contributed by atoms with Gasteiger partial charge in [-0.05, 0) is 31.4 Å². The van der Waals surface area contributed by atoms with Gasteiger partial charge in [-0.2, -0.15) is 0 Å². The maximum atomic E-state index is 6.28. The lowest BCUT2D eigenvalue weighted by Crippen LogP contribution is -2.55. The number of hydrogen-bond acceptors (Lipinski definition) is 1. The van der Waals surface area contributed by atoms with E-state index in [2.05, 4.69) is 40.5 Å². The Morgan fingerprint density at radius 2 is 1.86 bits per heavy atom. The van der Waals surface area contributed by atoms with E-state index < -0.39 is 8.32 Å². The minimum Gasteiger partial charge on any atom is -0.404 e. The van der Waals surface area contributed by atoms with Gasteiger partial charge in [0.05, 0.1) is 5.60 Å². The summed E-state index contributed by atoms with van der Waals surface area (Å²) in [5, 5.41) is 0. The van der Waals surface area contributed by atoms with E-state index in [-0.39, 0.29) is 11.0 Å². The summed E-state index contributed by atoms with van der Waals surface area (Å²) in [7, 11) is -1.66. The van der Waals surface area contributed by atoms with Crippen LogP contribution in [0.15, 0.2) is 24.9 Å². The van der Waals surface area contributed by atoms with Crippen LogP contribution in [0.4, 0.5) is 0 Å². The van der Waals surface area contributed by atoms with Crippen molar-refractivity contribution in [1.82, 2.24) is 0 Å². The molecule has 1 heterocycles. The fourth-order valence-corrected chi connectivity index (χ4v) is 4.78. The van der Waals surface area contributed by atoms with Crippen LogP contribution in [0.25, 0.3) is 0 Å². The van der Waals surface area contributed by atoms with Crippen molar-refractivity contribution in [2.45, 2.75) is 45.4 Å². The Morgan fingerprint density at radius 3 is 2.29 bits per heavy atom. The molecule has 1 saturated heterocycles. The zero-order valence-corrected chi connectivity index (χ0v) is 10.9. The molecule has 0 N–H and O–H groups in total. The summed E-state index contributed by atoms with van der Waals surface area (Å²) in [6.45, 7) is 16.7. The number of hydrogen-bond donors (Lipinski definition) is 0. The average molecular weight is 210 g/mol. The first-order valence-electron chi connectivity index (χ1n) is 5.26. The number of rotatable bonds is 2. The van der Waals surface area contributed by atoms with Gasteiger partial charge in [0.15, 0.2) is 0 Å². The first-order chi connectivity index (χ1) is 6.29. The Hall–Kier alpha value is -0.343. The van der Waals surface area contributed by atoms with Crippen LogP contribution >= 0.6 is 0 Å². The van der Waals surface area contributed by atoms with E-state index in [1.54, 1.807) is 0 Å². The van der Waals surface area contributed by atoms with E-state index in [0.717, 1.165) is 0 Å². The van der Waals surface area contributed by atoms with Gasteiger partial charge in [-0.1, -0.05) is 25.6 Å². The molecule has 1 fully saturated rings. The maximum Gasteiger partial charge on any atom is 0.214 e. The Bertz CT molecular complexity index is 259. The van der Waals surface area contributed by atoms with Gasteiger partial charge in [0.1, 0.15) is 0 Å². The van der Waals surface area contributed by atoms with Crippen LogP contribution in [0.1, 0.15) is 27.2 Å². The summed E-state index contributed by atoms with van der Waals surface area (Å²) >= 11 is 0. The molecule has 1 nitrogen and oxygen atoms in total. The third-order valence-corrected chi connectivity index (χ3v) is 6.85. The van der Waals surface area contributed by atoms with Crippen LogP contribution in [0.2, 0.25) is 12.6 Å². The van der Waals surface area contributed by atoms with Crippen molar-refractivity contribution in [1.29, 1.82) is 0 Å². The lowest BCUT2D eigenvalue weighted by Gasteiger charge is -2.51. The van der Waals surface area contributed by atoms with E-state index in [9.17, 15) is 0 Å². The smallest absolute Gasteiger partial charge is 0.214 e. The van der Waals surface area contributed by atoms with Crippen molar-refractivity contribution in [2.75, 3.05) is 0 Å². The highest BCUT2D eigenvalue weighted by atomic mass is 28.4. The van der Waals surface area contributed by atoms with Crippen molar-refractivity contribution < 1.29 is 4.43 Å². The summed E-state index contributed by atoms with van der Waals surface area (Å²) in [5.74, 6) is 0. The van der Waals surface area contributed by atoms with Crippen LogP contribution in [-0.2, 0) is 4.43 Å². The lowest BCUT2D eigenvalue weighted by atomic mass is 9.74. The largest absolute Gasteiger partial charge is 0.404 e. The van der Waals surface area contributed by atoms with E-state index in [4.69, 9.17) is 4.43 Å². The molecular weight excluding hydrogens is 188 g/mol. The molecule has 0 bridgehead atoms. The first-order valence-corrected chi connectivity index (χ1v) is 7.95. The van der Waals surface area contributed by atoms with Crippen LogP contribution in [-0.4, -0.2) is 13.9 Å². The fraction of sp³-hybridized carbons (Fsp3) is 0.667. The van der Waals surface area contributed by atoms with Crippen molar-refractivity contribution in [3.63, 3.8) is 0 Å². The molecule has 14 heavy (non-hydrogen) atoms. The van der Waals surface area contributed by atoms with Crippen LogP contribution in [0, 0.1) is 5.41 Å². The highest BCUT2D eigenvalue weighted by Crippen LogP contribution is 2.47. The average Bonchev–Trinajstić information content (AvgIpc) is 2.13. The van der Waals surface area contributed by atoms with Crippen LogP contribution < -0.4 is 0 Å². The minimum absolute atomic E-state index is 0.185. The van der Waals surface area contributed by atoms with E-state index in [0.29, 0.717) is 0 Å². The lowest BCUT2D eigenvalue weighted by molar-refractivity contribution is -0.0122. The van der Waals surface area contributed by atoms with Gasteiger partial charge in [-0.25, -0.2) is 0 Å². The van der Waals surface area contributed by atoms with Gasteiger partial charge in [0.2, 0.25) is 8.32 Å². The van der Waals surface area contributed by atoms with Crippen LogP contribution in [0.5, 0.6) is 0 Å². The summed E-state index contributed by atoms with van der Waals surface area (Å²) in [4.78, 5) is 0. The molecule has 0 spiro atoms. The van der Waals surface area contributed by atoms with E-state index in [1.807, 2.05) is 11.8 Å². The molecule has 0 amide bonds. The minimum atomic E-state index is -1.66. The third kappa shape index (κ3) is 1.73. The van der Waals surface area contributed by atoms with Gasteiger partial charge >= 0.3 is 0 Å². The monoisotopic (exact) mass is 210 g/mol. The second-order valence-electron chi connectivity index (χ2n) is 5.31. The topological polar surface area (TPSA) is 9.23 Å². The standard InChI is InChI=1S/C12H22OSi/c1-7-12(5)11(3,4)9-10-14(6,8-2)13-12/h7-8H,1-2,9-10H2,3-6H3. The molecular formula is C12H22OSi. The first kappa shape index (κ1) is 11.7. The Balaban J connectivity index is 3.00. The van der Waals surface area contributed by atoms with Crippen molar-refractivity contribution >= 4 is 8.32 Å². The molecule has 0 aromatic rings. The van der Waals surface area contributed by atoms with Gasteiger partial charge in [-0.15, -0.1) is 13.2 Å². The molecule has 0 aromatic carbocycles. The Kier molecular flexibility index (Phi) is 2.81. The summed E-state index contributed by atoms with van der Waals surface area (Å²) in [6, 6.07) is 1.17. The van der Waals surface area contributed by atoms with Crippen LogP contribution in [0.3, 0.4) is 0 Å². The predicted molar refractivity (Wildman–Crippen MR) is 64.7 cm³/mol. The zero-order valence-electron chi connectivity index (χ0n) is 9.89. The molecule has 1 rings (SSSR count). The van der Waals surface area contributed by atoms with Crippen molar-refractivity contribution in [2.24, 2.45) is 5.41 Å². The Morgan fingerprint density at radius 1 is 1.29 bits per heavy atom.